The van der Waals surface area contributed by atoms with E-state index < -0.39 is 8.07 Å². The number of benzene rings is 1. The van der Waals surface area contributed by atoms with Crippen LogP contribution in [0.5, 0.6) is 5.75 Å². The van der Waals surface area contributed by atoms with Gasteiger partial charge in [0.05, 0.1) is 7.11 Å². The topological polar surface area (TPSA) is 35.0 Å². The van der Waals surface area contributed by atoms with Crippen LogP contribution in [0.1, 0.15) is 11.4 Å². The van der Waals surface area contributed by atoms with Crippen molar-refractivity contribution in [2.24, 2.45) is 0 Å². The second kappa shape index (κ2) is 6.35. The van der Waals surface area contributed by atoms with E-state index in [1.807, 2.05) is 18.2 Å². The molecular formula is C16H18N2OSi. The van der Waals surface area contributed by atoms with Gasteiger partial charge in [-0.2, -0.15) is 0 Å². The van der Waals surface area contributed by atoms with E-state index in [1.54, 1.807) is 25.6 Å². The summed E-state index contributed by atoms with van der Waals surface area (Å²) in [7, 11) is 0.00954. The standard InChI is InChI=1S/C16H18N2OSi/c1-19-15-8-5-4-7-14(15)13-20(2,3)12-9-16-17-10-6-11-18-16/h4-8,10-11H,13H2,1-3H3. The molecule has 20 heavy (non-hydrogen) atoms. The summed E-state index contributed by atoms with van der Waals surface area (Å²) in [6.07, 6.45) is 3.43. The first kappa shape index (κ1) is 14.3. The Hall–Kier alpha value is -2.12. The maximum absolute atomic E-state index is 5.40. The van der Waals surface area contributed by atoms with Crippen molar-refractivity contribution < 1.29 is 4.74 Å². The van der Waals surface area contributed by atoms with Gasteiger partial charge in [-0.1, -0.05) is 31.3 Å². The number of hydrogen-bond donors (Lipinski definition) is 0. The average molecular weight is 282 g/mol. The Morgan fingerprint density at radius 3 is 2.50 bits per heavy atom. The summed E-state index contributed by atoms with van der Waals surface area (Å²) in [5, 5.41) is 0. The first-order valence-corrected chi connectivity index (χ1v) is 9.73. The highest BCUT2D eigenvalue weighted by molar-refractivity contribution is 6.84. The van der Waals surface area contributed by atoms with Gasteiger partial charge in [-0.15, -0.1) is 5.54 Å². The first-order valence-electron chi connectivity index (χ1n) is 6.53. The Morgan fingerprint density at radius 2 is 1.80 bits per heavy atom. The summed E-state index contributed by atoms with van der Waals surface area (Å²) in [5.74, 6) is 4.62. The van der Waals surface area contributed by atoms with Crippen LogP contribution < -0.4 is 4.74 Å². The molecule has 2 aromatic rings. The molecule has 1 aromatic carbocycles. The molecule has 0 radical (unpaired) electrons. The van der Waals surface area contributed by atoms with Gasteiger partial charge in [-0.25, -0.2) is 9.97 Å². The fourth-order valence-corrected chi connectivity index (χ4v) is 3.74. The van der Waals surface area contributed by atoms with Crippen molar-refractivity contribution in [1.29, 1.82) is 0 Å². The number of rotatable bonds is 3. The molecule has 4 heteroatoms. The van der Waals surface area contributed by atoms with Gasteiger partial charge in [-0.05, 0) is 29.7 Å². The minimum atomic E-state index is -1.70. The summed E-state index contributed by atoms with van der Waals surface area (Å²) in [6.45, 7) is 4.49. The summed E-state index contributed by atoms with van der Waals surface area (Å²) in [5.41, 5.74) is 4.60. The van der Waals surface area contributed by atoms with Crippen LogP contribution in [-0.2, 0) is 6.04 Å². The van der Waals surface area contributed by atoms with Crippen molar-refractivity contribution in [2.75, 3.05) is 7.11 Å². The summed E-state index contributed by atoms with van der Waals surface area (Å²) < 4.78 is 5.40. The molecular weight excluding hydrogens is 264 g/mol. The van der Waals surface area contributed by atoms with Crippen LogP contribution in [0.2, 0.25) is 13.1 Å². The zero-order chi connectivity index (χ0) is 14.4. The van der Waals surface area contributed by atoms with Crippen LogP contribution in [0.15, 0.2) is 42.7 Å². The number of methoxy groups -OCH3 is 1. The molecule has 0 bridgehead atoms. The number of para-hydroxylation sites is 1. The summed E-state index contributed by atoms with van der Waals surface area (Å²) in [6, 6.07) is 10.9. The second-order valence-electron chi connectivity index (χ2n) is 5.19. The van der Waals surface area contributed by atoms with Crippen molar-refractivity contribution >= 4 is 8.07 Å². The molecule has 2 rings (SSSR count). The number of nitrogens with zero attached hydrogens (tertiary/aromatic N) is 2. The molecule has 0 aliphatic carbocycles. The quantitative estimate of drug-likeness (QED) is 0.641. The molecule has 0 saturated carbocycles. The van der Waals surface area contributed by atoms with Crippen molar-refractivity contribution in [3.63, 3.8) is 0 Å². The molecule has 0 spiro atoms. The Bertz CT molecular complexity index is 630. The first-order chi connectivity index (χ1) is 9.61. The molecule has 3 nitrogen and oxygen atoms in total. The fourth-order valence-electron chi connectivity index (χ4n) is 1.96. The van der Waals surface area contributed by atoms with E-state index in [4.69, 9.17) is 4.74 Å². The SMILES string of the molecule is COc1ccccc1C[Si](C)(C)C#Cc1ncccn1. The van der Waals surface area contributed by atoms with E-state index in [-0.39, 0.29) is 0 Å². The minimum Gasteiger partial charge on any atom is -0.496 e. The third-order valence-corrected chi connectivity index (χ3v) is 4.97. The third kappa shape index (κ3) is 3.94. The van der Waals surface area contributed by atoms with Crippen LogP contribution in [-0.4, -0.2) is 25.2 Å². The highest BCUT2D eigenvalue weighted by Crippen LogP contribution is 2.21. The predicted molar refractivity (Wildman–Crippen MR) is 83.1 cm³/mol. The summed E-state index contributed by atoms with van der Waals surface area (Å²) >= 11 is 0. The van der Waals surface area contributed by atoms with E-state index in [9.17, 15) is 0 Å². The van der Waals surface area contributed by atoms with Gasteiger partial charge < -0.3 is 4.74 Å². The van der Waals surface area contributed by atoms with Gasteiger partial charge in [0.1, 0.15) is 13.8 Å². The van der Waals surface area contributed by atoms with Crippen LogP contribution in [0.4, 0.5) is 0 Å². The van der Waals surface area contributed by atoms with E-state index in [0.717, 1.165) is 11.8 Å². The monoisotopic (exact) mass is 282 g/mol. The molecule has 0 saturated heterocycles. The third-order valence-electron chi connectivity index (χ3n) is 2.90. The summed E-state index contributed by atoms with van der Waals surface area (Å²) in [4.78, 5) is 8.27. The Kier molecular flexibility index (Phi) is 4.54. The molecule has 0 unspecified atom stereocenters. The van der Waals surface area contributed by atoms with Crippen LogP contribution in [0.25, 0.3) is 0 Å². The lowest BCUT2D eigenvalue weighted by Gasteiger charge is -2.16. The zero-order valence-electron chi connectivity index (χ0n) is 12.1. The lowest BCUT2D eigenvalue weighted by molar-refractivity contribution is 0.411. The molecule has 0 atom stereocenters. The highest BCUT2D eigenvalue weighted by atomic mass is 28.3. The maximum atomic E-state index is 5.40. The molecule has 0 amide bonds. The molecule has 0 fully saturated rings. The molecule has 0 aliphatic rings. The van der Waals surface area contributed by atoms with E-state index in [2.05, 4.69) is 40.6 Å². The van der Waals surface area contributed by atoms with Gasteiger partial charge >= 0.3 is 0 Å². The van der Waals surface area contributed by atoms with E-state index >= 15 is 0 Å². The number of ether oxygens (including phenoxy) is 1. The normalized spacial score (nSPS) is 10.6. The number of aromatic nitrogens is 2. The van der Waals surface area contributed by atoms with Gasteiger partial charge in [0.25, 0.3) is 0 Å². The van der Waals surface area contributed by atoms with Crippen molar-refractivity contribution in [1.82, 2.24) is 9.97 Å². The lowest BCUT2D eigenvalue weighted by Crippen LogP contribution is -2.27. The highest BCUT2D eigenvalue weighted by Gasteiger charge is 2.20. The van der Waals surface area contributed by atoms with Crippen LogP contribution >= 0.6 is 0 Å². The van der Waals surface area contributed by atoms with Gasteiger partial charge in [-0.3, -0.25) is 0 Å². The van der Waals surface area contributed by atoms with Crippen LogP contribution in [0.3, 0.4) is 0 Å². The molecule has 0 aliphatic heterocycles. The van der Waals surface area contributed by atoms with Gasteiger partial charge in [0.2, 0.25) is 5.82 Å². The average Bonchev–Trinajstić information content (AvgIpc) is 2.47. The predicted octanol–water partition coefficient (Wildman–Crippen LogP) is 2.87. The smallest absolute Gasteiger partial charge is 0.204 e. The molecule has 1 heterocycles. The Morgan fingerprint density at radius 1 is 1.10 bits per heavy atom. The maximum Gasteiger partial charge on any atom is 0.204 e. The Labute approximate surface area is 121 Å². The second-order valence-corrected chi connectivity index (χ2v) is 9.57. The largest absolute Gasteiger partial charge is 0.496 e. The minimum absolute atomic E-state index is 0.591. The zero-order valence-corrected chi connectivity index (χ0v) is 13.1. The van der Waals surface area contributed by atoms with Crippen LogP contribution in [0, 0.1) is 11.5 Å². The van der Waals surface area contributed by atoms with Crippen molar-refractivity contribution in [3.8, 4) is 17.2 Å². The number of hydrogen-bond acceptors (Lipinski definition) is 3. The van der Waals surface area contributed by atoms with Gasteiger partial charge in [0.15, 0.2) is 0 Å². The van der Waals surface area contributed by atoms with E-state index in [1.165, 1.54) is 5.56 Å². The van der Waals surface area contributed by atoms with Crippen molar-refractivity contribution in [2.45, 2.75) is 19.1 Å². The van der Waals surface area contributed by atoms with E-state index in [0.29, 0.717) is 5.82 Å². The van der Waals surface area contributed by atoms with Crippen molar-refractivity contribution in [3.05, 3.63) is 54.1 Å². The molecule has 102 valence electrons. The lowest BCUT2D eigenvalue weighted by atomic mass is 10.2. The fraction of sp³-hybridized carbons (Fsp3) is 0.250. The molecule has 1 aromatic heterocycles. The van der Waals surface area contributed by atoms with Gasteiger partial charge in [0, 0.05) is 12.4 Å². The molecule has 0 N–H and O–H groups in total. The Balaban J connectivity index is 2.17.